The quantitative estimate of drug-likeness (QED) is 0.213. The summed E-state index contributed by atoms with van der Waals surface area (Å²) in [6.07, 6.45) is -4.70. The minimum absolute atomic E-state index is 0. The predicted molar refractivity (Wildman–Crippen MR) is 116 cm³/mol. The summed E-state index contributed by atoms with van der Waals surface area (Å²) >= 11 is 0. The van der Waals surface area contributed by atoms with E-state index >= 15 is 0 Å². The van der Waals surface area contributed by atoms with Gasteiger partial charge in [0.15, 0.2) is 5.96 Å². The molecule has 0 aliphatic rings. The van der Waals surface area contributed by atoms with Crippen LogP contribution >= 0.6 is 24.0 Å². The van der Waals surface area contributed by atoms with Crippen molar-refractivity contribution >= 4 is 40.0 Å². The van der Waals surface area contributed by atoms with Crippen molar-refractivity contribution in [1.82, 2.24) is 14.9 Å². The third-order valence-electron chi connectivity index (χ3n) is 3.88. The molecule has 0 amide bonds. The average Bonchev–Trinajstić information content (AvgIpc) is 2.60. The Morgan fingerprint density at radius 1 is 1.14 bits per heavy atom. The number of hydrogen-bond donors (Lipinski definition) is 2. The molecule has 0 bridgehead atoms. The lowest BCUT2D eigenvalue weighted by Crippen LogP contribution is -2.42. The first kappa shape index (κ1) is 27.8. The zero-order valence-electron chi connectivity index (χ0n) is 16.5. The highest BCUT2D eigenvalue weighted by Crippen LogP contribution is 2.32. The Hall–Kier alpha value is -1.15. The summed E-state index contributed by atoms with van der Waals surface area (Å²) in [4.78, 5) is 4.06. The standard InChI is InChI=1S/C17H26F4N4O2S.HI/c1-4-22-16(23-9-10-28(26,27)25(5-2)6-3)24-12-13-7-8-14(18)11-15(13)17(19,20)21;/h7-8,11H,4-6,9-10,12H2,1-3H3,(H2,22,23,24);1H. The Labute approximate surface area is 186 Å². The molecule has 29 heavy (non-hydrogen) atoms. The van der Waals surface area contributed by atoms with E-state index < -0.39 is 27.6 Å². The molecule has 1 aromatic rings. The summed E-state index contributed by atoms with van der Waals surface area (Å²) in [5.74, 6) is -0.981. The van der Waals surface area contributed by atoms with E-state index in [1.807, 2.05) is 0 Å². The van der Waals surface area contributed by atoms with Crippen molar-refractivity contribution in [3.63, 3.8) is 0 Å². The van der Waals surface area contributed by atoms with Crippen LogP contribution in [0.3, 0.4) is 0 Å². The lowest BCUT2D eigenvalue weighted by atomic mass is 10.1. The van der Waals surface area contributed by atoms with E-state index in [-0.39, 0.29) is 54.3 Å². The van der Waals surface area contributed by atoms with Crippen LogP contribution in [-0.2, 0) is 22.7 Å². The molecule has 6 nitrogen and oxygen atoms in total. The molecule has 0 aliphatic heterocycles. The van der Waals surface area contributed by atoms with Crippen molar-refractivity contribution in [2.45, 2.75) is 33.5 Å². The fourth-order valence-electron chi connectivity index (χ4n) is 2.50. The number of sulfonamides is 1. The zero-order valence-corrected chi connectivity index (χ0v) is 19.7. The van der Waals surface area contributed by atoms with Gasteiger partial charge < -0.3 is 10.6 Å². The molecule has 0 atom stereocenters. The first-order valence-electron chi connectivity index (χ1n) is 8.90. The topological polar surface area (TPSA) is 73.8 Å². The molecule has 2 N–H and O–H groups in total. The molecule has 0 fully saturated rings. The van der Waals surface area contributed by atoms with Crippen molar-refractivity contribution in [3.8, 4) is 0 Å². The molecule has 0 spiro atoms. The van der Waals surface area contributed by atoms with E-state index in [0.29, 0.717) is 25.7 Å². The van der Waals surface area contributed by atoms with Crippen LogP contribution in [0.25, 0.3) is 0 Å². The van der Waals surface area contributed by atoms with Crippen LogP contribution in [0.15, 0.2) is 23.2 Å². The van der Waals surface area contributed by atoms with E-state index in [4.69, 9.17) is 0 Å². The minimum atomic E-state index is -4.70. The lowest BCUT2D eigenvalue weighted by Gasteiger charge is -2.19. The van der Waals surface area contributed by atoms with Gasteiger partial charge in [0.2, 0.25) is 10.0 Å². The molecule has 0 aromatic heterocycles. The lowest BCUT2D eigenvalue weighted by molar-refractivity contribution is -0.138. The summed E-state index contributed by atoms with van der Waals surface area (Å²) < 4.78 is 78.0. The summed E-state index contributed by atoms with van der Waals surface area (Å²) in [5, 5.41) is 5.64. The molecule has 0 unspecified atom stereocenters. The number of hydrogen-bond acceptors (Lipinski definition) is 3. The van der Waals surface area contributed by atoms with Gasteiger partial charge in [-0.2, -0.15) is 13.2 Å². The fraction of sp³-hybridized carbons (Fsp3) is 0.588. The summed E-state index contributed by atoms with van der Waals surface area (Å²) in [6, 6.07) is 2.41. The molecular formula is C17H27F4IN4O2S. The molecular weight excluding hydrogens is 527 g/mol. The van der Waals surface area contributed by atoms with Crippen molar-refractivity contribution in [2.75, 3.05) is 31.9 Å². The van der Waals surface area contributed by atoms with Gasteiger partial charge in [0.1, 0.15) is 5.82 Å². The molecule has 0 saturated carbocycles. The Morgan fingerprint density at radius 3 is 2.28 bits per heavy atom. The van der Waals surface area contributed by atoms with Crippen molar-refractivity contribution in [2.24, 2.45) is 4.99 Å². The van der Waals surface area contributed by atoms with Crippen molar-refractivity contribution in [3.05, 3.63) is 35.1 Å². The van der Waals surface area contributed by atoms with E-state index in [1.54, 1.807) is 20.8 Å². The van der Waals surface area contributed by atoms with Gasteiger partial charge in [-0.05, 0) is 24.6 Å². The zero-order chi connectivity index (χ0) is 21.4. The Balaban J connectivity index is 0.00000784. The molecule has 12 heteroatoms. The number of nitrogens with one attached hydrogen (secondary N) is 2. The van der Waals surface area contributed by atoms with Gasteiger partial charge in [0.05, 0.1) is 17.9 Å². The molecule has 1 aromatic carbocycles. The van der Waals surface area contributed by atoms with Crippen LogP contribution in [0.4, 0.5) is 17.6 Å². The molecule has 0 saturated heterocycles. The number of nitrogens with zero attached hydrogens (tertiary/aromatic N) is 2. The number of aliphatic imine (C=N–C) groups is 1. The predicted octanol–water partition coefficient (Wildman–Crippen LogP) is 3.19. The maximum Gasteiger partial charge on any atom is 0.416 e. The number of alkyl halides is 3. The normalized spacial score (nSPS) is 12.6. The largest absolute Gasteiger partial charge is 0.416 e. The van der Waals surface area contributed by atoms with Crippen LogP contribution in [0.5, 0.6) is 0 Å². The van der Waals surface area contributed by atoms with Crippen LogP contribution in [0.1, 0.15) is 31.9 Å². The molecule has 0 heterocycles. The van der Waals surface area contributed by atoms with Gasteiger partial charge in [0, 0.05) is 26.2 Å². The Kier molecular flexibility index (Phi) is 12.0. The molecule has 1 rings (SSSR count). The first-order chi connectivity index (χ1) is 13.0. The van der Waals surface area contributed by atoms with E-state index in [9.17, 15) is 26.0 Å². The van der Waals surface area contributed by atoms with E-state index in [0.717, 1.165) is 12.1 Å². The van der Waals surface area contributed by atoms with Crippen molar-refractivity contribution in [1.29, 1.82) is 0 Å². The van der Waals surface area contributed by atoms with Crippen LogP contribution < -0.4 is 10.6 Å². The highest BCUT2D eigenvalue weighted by Gasteiger charge is 2.33. The molecule has 0 radical (unpaired) electrons. The highest BCUT2D eigenvalue weighted by molar-refractivity contribution is 14.0. The maximum atomic E-state index is 13.2. The van der Waals surface area contributed by atoms with Gasteiger partial charge >= 0.3 is 6.18 Å². The van der Waals surface area contributed by atoms with Crippen LogP contribution in [0, 0.1) is 5.82 Å². The van der Waals surface area contributed by atoms with Gasteiger partial charge in [-0.1, -0.05) is 19.9 Å². The number of halogens is 5. The maximum absolute atomic E-state index is 13.2. The number of benzene rings is 1. The van der Waals surface area contributed by atoms with Crippen LogP contribution in [0.2, 0.25) is 0 Å². The van der Waals surface area contributed by atoms with Crippen LogP contribution in [-0.4, -0.2) is 50.6 Å². The summed E-state index contributed by atoms with van der Waals surface area (Å²) in [5.41, 5.74) is -1.27. The molecule has 0 aliphatic carbocycles. The van der Waals surface area contributed by atoms with Gasteiger partial charge in [0.25, 0.3) is 0 Å². The minimum Gasteiger partial charge on any atom is -0.357 e. The second kappa shape index (κ2) is 12.5. The summed E-state index contributed by atoms with van der Waals surface area (Å²) in [7, 11) is -3.43. The Bertz CT molecular complexity index is 769. The molecule has 168 valence electrons. The second-order valence-corrected chi connectivity index (χ2v) is 7.91. The fourth-order valence-corrected chi connectivity index (χ4v) is 3.91. The second-order valence-electron chi connectivity index (χ2n) is 5.82. The van der Waals surface area contributed by atoms with Gasteiger partial charge in [-0.15, -0.1) is 24.0 Å². The SMILES string of the molecule is CCNC(=NCc1ccc(F)cc1C(F)(F)F)NCCS(=O)(=O)N(CC)CC.I. The van der Waals surface area contributed by atoms with Gasteiger partial charge in [-0.25, -0.2) is 22.1 Å². The number of guanidine groups is 1. The Morgan fingerprint density at radius 2 is 1.76 bits per heavy atom. The smallest absolute Gasteiger partial charge is 0.357 e. The first-order valence-corrected chi connectivity index (χ1v) is 10.5. The third kappa shape index (κ3) is 9.03. The van der Waals surface area contributed by atoms with E-state index in [1.165, 1.54) is 4.31 Å². The number of rotatable bonds is 9. The third-order valence-corrected chi connectivity index (χ3v) is 5.90. The monoisotopic (exact) mass is 554 g/mol. The van der Waals surface area contributed by atoms with Crippen molar-refractivity contribution < 1.29 is 26.0 Å². The van der Waals surface area contributed by atoms with E-state index in [2.05, 4.69) is 15.6 Å². The van der Waals surface area contributed by atoms with Gasteiger partial charge in [-0.3, -0.25) is 0 Å². The summed E-state index contributed by atoms with van der Waals surface area (Å²) in [6.45, 7) is 6.10. The average molecular weight is 554 g/mol. The highest BCUT2D eigenvalue weighted by atomic mass is 127.